The Morgan fingerprint density at radius 1 is 1.53 bits per heavy atom. The van der Waals surface area contributed by atoms with Crippen LogP contribution in [0.5, 0.6) is 0 Å². The number of rotatable bonds is 3. The highest BCUT2D eigenvalue weighted by molar-refractivity contribution is 5.00. The molecule has 15 heavy (non-hydrogen) atoms. The fourth-order valence-electron chi connectivity index (χ4n) is 1.92. The minimum atomic E-state index is -0.113. The Hall–Kier alpha value is -0.940. The van der Waals surface area contributed by atoms with Gasteiger partial charge in [0.2, 0.25) is 5.89 Å². The smallest absolute Gasteiger partial charge is 0.229 e. The molecule has 1 saturated carbocycles. The van der Waals surface area contributed by atoms with E-state index >= 15 is 0 Å². The van der Waals surface area contributed by atoms with Gasteiger partial charge in [-0.3, -0.25) is 0 Å². The second-order valence-electron chi connectivity index (χ2n) is 4.14. The van der Waals surface area contributed by atoms with Crippen molar-refractivity contribution in [3.05, 3.63) is 11.7 Å². The fourth-order valence-corrected chi connectivity index (χ4v) is 1.92. The normalized spacial score (nSPS) is 28.2. The zero-order chi connectivity index (χ0) is 10.8. The molecule has 84 valence electrons. The molecule has 1 heterocycles. The Kier molecular flexibility index (Phi) is 3.02. The Morgan fingerprint density at radius 2 is 2.33 bits per heavy atom. The predicted octanol–water partition coefficient (Wildman–Crippen LogP) is 1.37. The molecule has 0 amide bonds. The van der Waals surface area contributed by atoms with Crippen LogP contribution in [-0.2, 0) is 4.74 Å². The van der Waals surface area contributed by atoms with E-state index in [0.29, 0.717) is 17.6 Å². The average Bonchev–Trinajstić information content (AvgIpc) is 2.84. The van der Waals surface area contributed by atoms with E-state index in [4.69, 9.17) is 15.0 Å². The molecule has 2 N–H and O–H groups in total. The molecule has 5 nitrogen and oxygen atoms in total. The standard InChI is InChI=1S/C10H17N3O2/c1-6(14-2)9-12-10(15-13-9)7-3-4-8(11)5-7/h6-8H,3-5,11H2,1-2H3/t6?,7-,8+/m1/s1. The van der Waals surface area contributed by atoms with E-state index in [2.05, 4.69) is 10.1 Å². The summed E-state index contributed by atoms with van der Waals surface area (Å²) in [6, 6.07) is 0.283. The molecule has 3 atom stereocenters. The van der Waals surface area contributed by atoms with Crippen LogP contribution < -0.4 is 5.73 Å². The third-order valence-corrected chi connectivity index (χ3v) is 3.00. The van der Waals surface area contributed by atoms with Crippen LogP contribution in [0.1, 0.15) is 49.9 Å². The monoisotopic (exact) mass is 211 g/mol. The first-order chi connectivity index (χ1) is 7.20. The van der Waals surface area contributed by atoms with Gasteiger partial charge in [-0.1, -0.05) is 5.16 Å². The van der Waals surface area contributed by atoms with E-state index in [1.165, 1.54) is 0 Å². The van der Waals surface area contributed by atoms with Crippen molar-refractivity contribution >= 4 is 0 Å². The van der Waals surface area contributed by atoms with Gasteiger partial charge < -0.3 is 15.0 Å². The number of ether oxygens (including phenoxy) is 1. The fraction of sp³-hybridized carbons (Fsp3) is 0.800. The van der Waals surface area contributed by atoms with E-state index in [0.717, 1.165) is 19.3 Å². The number of aromatic nitrogens is 2. The third-order valence-electron chi connectivity index (χ3n) is 3.00. The highest BCUT2D eigenvalue weighted by Crippen LogP contribution is 2.32. The Bertz CT molecular complexity index is 326. The van der Waals surface area contributed by atoms with Crippen molar-refractivity contribution in [2.45, 2.75) is 44.2 Å². The summed E-state index contributed by atoms with van der Waals surface area (Å²) in [4.78, 5) is 4.34. The lowest BCUT2D eigenvalue weighted by atomic mass is 10.1. The molecular formula is C10H17N3O2. The van der Waals surface area contributed by atoms with E-state index in [9.17, 15) is 0 Å². The number of hydrogen-bond donors (Lipinski definition) is 1. The van der Waals surface area contributed by atoms with Crippen LogP contribution in [0.3, 0.4) is 0 Å². The average molecular weight is 211 g/mol. The van der Waals surface area contributed by atoms with Crippen molar-refractivity contribution in [3.8, 4) is 0 Å². The molecule has 0 aromatic carbocycles. The van der Waals surface area contributed by atoms with Crippen LogP contribution in [0.25, 0.3) is 0 Å². The van der Waals surface area contributed by atoms with Gasteiger partial charge >= 0.3 is 0 Å². The molecule has 0 aliphatic heterocycles. The van der Waals surface area contributed by atoms with Crippen LogP contribution in [0.15, 0.2) is 4.52 Å². The van der Waals surface area contributed by atoms with Crippen molar-refractivity contribution in [2.75, 3.05) is 7.11 Å². The van der Waals surface area contributed by atoms with Crippen LogP contribution in [0.4, 0.5) is 0 Å². The summed E-state index contributed by atoms with van der Waals surface area (Å²) < 4.78 is 10.3. The number of methoxy groups -OCH3 is 1. The minimum Gasteiger partial charge on any atom is -0.374 e. The molecule has 1 aliphatic rings. The molecule has 5 heteroatoms. The topological polar surface area (TPSA) is 74.2 Å². The number of nitrogens with two attached hydrogens (primary N) is 1. The van der Waals surface area contributed by atoms with Crippen LogP contribution in [-0.4, -0.2) is 23.3 Å². The van der Waals surface area contributed by atoms with Crippen LogP contribution in [0.2, 0.25) is 0 Å². The zero-order valence-corrected chi connectivity index (χ0v) is 9.14. The van der Waals surface area contributed by atoms with Crippen molar-refractivity contribution in [2.24, 2.45) is 5.73 Å². The Balaban J connectivity index is 2.07. The second-order valence-corrected chi connectivity index (χ2v) is 4.14. The summed E-state index contributed by atoms with van der Waals surface area (Å²) in [6.07, 6.45) is 2.92. The third kappa shape index (κ3) is 2.18. The maximum atomic E-state index is 5.84. The lowest BCUT2D eigenvalue weighted by Gasteiger charge is -2.03. The van der Waals surface area contributed by atoms with Crippen LogP contribution >= 0.6 is 0 Å². The van der Waals surface area contributed by atoms with Gasteiger partial charge in [0.05, 0.1) is 0 Å². The summed E-state index contributed by atoms with van der Waals surface area (Å²) in [5, 5.41) is 3.90. The van der Waals surface area contributed by atoms with E-state index in [-0.39, 0.29) is 12.1 Å². The van der Waals surface area contributed by atoms with Gasteiger partial charge in [-0.2, -0.15) is 4.98 Å². The van der Waals surface area contributed by atoms with Gasteiger partial charge in [-0.05, 0) is 26.2 Å². The Morgan fingerprint density at radius 3 is 2.93 bits per heavy atom. The molecule has 1 aromatic heterocycles. The highest BCUT2D eigenvalue weighted by atomic mass is 16.5. The SMILES string of the molecule is COC(C)c1noc([C@@H]2CC[C@H](N)C2)n1. The van der Waals surface area contributed by atoms with Crippen molar-refractivity contribution in [3.63, 3.8) is 0 Å². The molecular weight excluding hydrogens is 194 g/mol. The summed E-state index contributed by atoms with van der Waals surface area (Å²) in [5.74, 6) is 1.67. The highest BCUT2D eigenvalue weighted by Gasteiger charge is 2.28. The maximum Gasteiger partial charge on any atom is 0.229 e. The number of nitrogens with zero attached hydrogens (tertiary/aromatic N) is 2. The summed E-state index contributed by atoms with van der Waals surface area (Å²) in [5.41, 5.74) is 5.84. The van der Waals surface area contributed by atoms with Crippen molar-refractivity contribution < 1.29 is 9.26 Å². The first kappa shape index (κ1) is 10.6. The largest absolute Gasteiger partial charge is 0.374 e. The molecule has 1 aliphatic carbocycles. The predicted molar refractivity (Wildman–Crippen MR) is 54.3 cm³/mol. The van der Waals surface area contributed by atoms with Gasteiger partial charge in [-0.25, -0.2) is 0 Å². The van der Waals surface area contributed by atoms with Gasteiger partial charge in [-0.15, -0.1) is 0 Å². The Labute approximate surface area is 89.0 Å². The minimum absolute atomic E-state index is 0.113. The molecule has 0 bridgehead atoms. The molecule has 0 saturated heterocycles. The summed E-state index contributed by atoms with van der Waals surface area (Å²) >= 11 is 0. The summed E-state index contributed by atoms with van der Waals surface area (Å²) in [7, 11) is 1.63. The van der Waals surface area contributed by atoms with E-state index in [1.54, 1.807) is 7.11 Å². The van der Waals surface area contributed by atoms with Gasteiger partial charge in [0.1, 0.15) is 6.10 Å². The molecule has 1 unspecified atom stereocenters. The van der Waals surface area contributed by atoms with Gasteiger partial charge in [0, 0.05) is 19.1 Å². The van der Waals surface area contributed by atoms with Crippen molar-refractivity contribution in [1.82, 2.24) is 10.1 Å². The van der Waals surface area contributed by atoms with E-state index < -0.39 is 0 Å². The first-order valence-electron chi connectivity index (χ1n) is 5.32. The quantitative estimate of drug-likeness (QED) is 0.817. The first-order valence-corrected chi connectivity index (χ1v) is 5.32. The lowest BCUT2D eigenvalue weighted by Crippen LogP contribution is -2.14. The summed E-state index contributed by atoms with van der Waals surface area (Å²) in [6.45, 7) is 1.90. The number of hydrogen-bond acceptors (Lipinski definition) is 5. The molecule has 0 radical (unpaired) electrons. The van der Waals surface area contributed by atoms with Gasteiger partial charge in [0.25, 0.3) is 0 Å². The van der Waals surface area contributed by atoms with Crippen LogP contribution in [0, 0.1) is 0 Å². The zero-order valence-electron chi connectivity index (χ0n) is 9.14. The van der Waals surface area contributed by atoms with E-state index in [1.807, 2.05) is 6.92 Å². The van der Waals surface area contributed by atoms with Gasteiger partial charge in [0.15, 0.2) is 5.82 Å². The molecule has 2 rings (SSSR count). The lowest BCUT2D eigenvalue weighted by molar-refractivity contribution is 0.109. The van der Waals surface area contributed by atoms with Crippen molar-refractivity contribution in [1.29, 1.82) is 0 Å². The maximum absolute atomic E-state index is 5.84. The molecule has 1 fully saturated rings. The molecule has 0 spiro atoms. The molecule has 1 aromatic rings. The second kappa shape index (κ2) is 4.28.